The van der Waals surface area contributed by atoms with Crippen LogP contribution in [-0.2, 0) is 31.0 Å². The number of nitrogens with zero attached hydrogens (tertiary/aromatic N) is 4. The molecule has 0 spiro atoms. The maximum absolute atomic E-state index is 14.4. The fourth-order valence-electron chi connectivity index (χ4n) is 3.92. The molecule has 16 heteroatoms. The molecule has 4 aromatic rings. The van der Waals surface area contributed by atoms with E-state index in [0.717, 1.165) is 12.1 Å². The second-order valence-corrected chi connectivity index (χ2v) is 8.34. The summed E-state index contributed by atoms with van der Waals surface area (Å²) in [5.41, 5.74) is -7.80. The zero-order valence-electron chi connectivity index (χ0n) is 19.0. The van der Waals surface area contributed by atoms with Gasteiger partial charge in [-0.15, -0.1) is 0 Å². The van der Waals surface area contributed by atoms with E-state index >= 15 is 0 Å². The van der Waals surface area contributed by atoms with Gasteiger partial charge in [0.15, 0.2) is 5.82 Å². The summed E-state index contributed by atoms with van der Waals surface area (Å²) in [7, 11) is 0. The molecule has 2 aromatic heterocycles. The number of halogens is 11. The fraction of sp³-hybridized carbons (Fsp3) is 0.261. The molecule has 4 rings (SSSR count). The van der Waals surface area contributed by atoms with E-state index in [-0.39, 0.29) is 6.07 Å². The van der Waals surface area contributed by atoms with Crippen molar-refractivity contribution in [1.82, 2.24) is 14.7 Å². The van der Waals surface area contributed by atoms with Crippen molar-refractivity contribution < 1.29 is 52.8 Å². The Labute approximate surface area is 210 Å². The molecule has 0 saturated heterocycles. The standard InChI is InChI=1S/C23H11F11N4O/c1-20(24,25)16-7-14-15(3-2-10(8-35)18(14)23(32,33)34)38(16)9-17-36-19(39-37-17)11-4-12(21(26,27)28)6-13(5-11)22(29,30)31/h2-7H,9H2,1H3. The monoisotopic (exact) mass is 568 g/mol. The van der Waals surface area contributed by atoms with Crippen molar-refractivity contribution in [3.63, 3.8) is 0 Å². The van der Waals surface area contributed by atoms with Crippen LogP contribution in [0.25, 0.3) is 22.4 Å². The zero-order valence-corrected chi connectivity index (χ0v) is 19.0. The molecule has 5 nitrogen and oxygen atoms in total. The van der Waals surface area contributed by atoms with Crippen molar-refractivity contribution >= 4 is 10.9 Å². The predicted molar refractivity (Wildman–Crippen MR) is 110 cm³/mol. The van der Waals surface area contributed by atoms with Crippen LogP contribution < -0.4 is 0 Å². The van der Waals surface area contributed by atoms with E-state index in [2.05, 4.69) is 10.1 Å². The van der Waals surface area contributed by atoms with Gasteiger partial charge in [0, 0.05) is 23.4 Å². The van der Waals surface area contributed by atoms with Crippen LogP contribution >= 0.6 is 0 Å². The molecule has 0 aliphatic carbocycles. The predicted octanol–water partition coefficient (Wildman–Crippen LogP) is 7.78. The molecule has 39 heavy (non-hydrogen) atoms. The number of benzene rings is 2. The van der Waals surface area contributed by atoms with E-state index in [1.54, 1.807) is 0 Å². The van der Waals surface area contributed by atoms with Crippen LogP contribution in [0, 0.1) is 11.3 Å². The quantitative estimate of drug-likeness (QED) is 0.236. The van der Waals surface area contributed by atoms with Crippen LogP contribution in [0.15, 0.2) is 40.9 Å². The van der Waals surface area contributed by atoms with Crippen molar-refractivity contribution in [1.29, 1.82) is 5.26 Å². The molecule has 206 valence electrons. The van der Waals surface area contributed by atoms with E-state index < -0.39 is 87.1 Å². The summed E-state index contributed by atoms with van der Waals surface area (Å²) in [6.45, 7) is -0.417. The first kappa shape index (κ1) is 27.9. The Hall–Kier alpha value is -4.16. The first-order valence-corrected chi connectivity index (χ1v) is 10.4. The summed E-state index contributed by atoms with van der Waals surface area (Å²) in [6.07, 6.45) is -15.5. The molecule has 2 aromatic carbocycles. The SMILES string of the molecule is CC(F)(F)c1cc2c(C(F)(F)F)c(C#N)ccc2n1Cc1noc(-c2cc(C(F)(F)F)cc(C(F)(F)F)c2)n1. The number of nitriles is 1. The van der Waals surface area contributed by atoms with Gasteiger partial charge >= 0.3 is 18.5 Å². The Balaban J connectivity index is 1.85. The molecule has 0 atom stereocenters. The summed E-state index contributed by atoms with van der Waals surface area (Å²) < 4.78 is 154. The Morgan fingerprint density at radius 2 is 1.44 bits per heavy atom. The second-order valence-electron chi connectivity index (χ2n) is 8.34. The Morgan fingerprint density at radius 3 is 1.92 bits per heavy atom. The van der Waals surface area contributed by atoms with Crippen LogP contribution in [-0.4, -0.2) is 14.7 Å². The number of hydrogen-bond acceptors (Lipinski definition) is 4. The van der Waals surface area contributed by atoms with Gasteiger partial charge in [0.2, 0.25) is 0 Å². The Kier molecular flexibility index (Phi) is 6.40. The lowest BCUT2D eigenvalue weighted by Gasteiger charge is -2.14. The number of fused-ring (bicyclic) bond motifs is 1. The maximum Gasteiger partial charge on any atom is 0.418 e. The van der Waals surface area contributed by atoms with Gasteiger partial charge in [-0.1, -0.05) is 5.16 Å². The van der Waals surface area contributed by atoms with Crippen LogP contribution in [0.4, 0.5) is 48.3 Å². The minimum absolute atomic E-state index is 0.129. The van der Waals surface area contributed by atoms with Crippen molar-refractivity contribution in [3.05, 3.63) is 70.2 Å². The van der Waals surface area contributed by atoms with Crippen LogP contribution in [0.3, 0.4) is 0 Å². The molecule has 0 aliphatic rings. The van der Waals surface area contributed by atoms with Crippen molar-refractivity contribution in [2.24, 2.45) is 0 Å². The summed E-state index contributed by atoms with van der Waals surface area (Å²) in [5, 5.41) is 11.7. The molecule has 0 bridgehead atoms. The molecule has 0 fully saturated rings. The topological polar surface area (TPSA) is 67.6 Å². The largest absolute Gasteiger partial charge is 0.418 e. The van der Waals surface area contributed by atoms with Crippen molar-refractivity contribution in [3.8, 4) is 17.5 Å². The highest BCUT2D eigenvalue weighted by Crippen LogP contribution is 2.42. The van der Waals surface area contributed by atoms with Gasteiger partial charge in [-0.3, -0.25) is 0 Å². The lowest BCUT2D eigenvalue weighted by Crippen LogP contribution is -2.16. The summed E-state index contributed by atoms with van der Waals surface area (Å²) >= 11 is 0. The van der Waals surface area contributed by atoms with Gasteiger partial charge in [-0.25, -0.2) is 8.78 Å². The summed E-state index contributed by atoms with van der Waals surface area (Å²) in [6, 6.07) is 4.10. The highest BCUT2D eigenvalue weighted by atomic mass is 19.4. The molecule has 0 aliphatic heterocycles. The molecule has 0 amide bonds. The fourth-order valence-corrected chi connectivity index (χ4v) is 3.92. The Morgan fingerprint density at radius 1 is 0.846 bits per heavy atom. The van der Waals surface area contributed by atoms with E-state index in [4.69, 9.17) is 9.78 Å². The lowest BCUT2D eigenvalue weighted by atomic mass is 10.0. The highest BCUT2D eigenvalue weighted by molar-refractivity contribution is 5.87. The Bertz CT molecular complexity index is 1560. The minimum Gasteiger partial charge on any atom is -0.334 e. The normalized spacial score (nSPS) is 13.2. The third-order valence-corrected chi connectivity index (χ3v) is 5.54. The number of hydrogen-bond donors (Lipinski definition) is 0. The average molecular weight is 568 g/mol. The lowest BCUT2D eigenvalue weighted by molar-refractivity contribution is -0.143. The summed E-state index contributed by atoms with van der Waals surface area (Å²) in [4.78, 5) is 3.68. The molecule has 0 unspecified atom stereocenters. The van der Waals surface area contributed by atoms with Crippen LogP contribution in [0.1, 0.15) is 40.7 Å². The van der Waals surface area contributed by atoms with E-state index in [1.165, 1.54) is 6.07 Å². The molecule has 0 N–H and O–H groups in total. The molecular weight excluding hydrogens is 557 g/mol. The first-order chi connectivity index (χ1) is 17.8. The molecule has 2 heterocycles. The third kappa shape index (κ3) is 5.38. The minimum atomic E-state index is -5.18. The second kappa shape index (κ2) is 8.95. The molecule has 0 radical (unpaired) electrons. The number of alkyl halides is 11. The molecule has 0 saturated carbocycles. The third-order valence-electron chi connectivity index (χ3n) is 5.54. The first-order valence-electron chi connectivity index (χ1n) is 10.4. The maximum atomic E-state index is 14.4. The number of rotatable bonds is 4. The van der Waals surface area contributed by atoms with E-state index in [9.17, 15) is 48.3 Å². The summed E-state index contributed by atoms with van der Waals surface area (Å²) in [5.74, 6) is -5.10. The van der Waals surface area contributed by atoms with E-state index in [1.807, 2.05) is 0 Å². The zero-order chi connectivity index (χ0) is 29.1. The average Bonchev–Trinajstić information content (AvgIpc) is 3.41. The highest BCUT2D eigenvalue weighted by Gasteiger charge is 2.40. The van der Waals surface area contributed by atoms with Gasteiger partial charge in [0.05, 0.1) is 40.6 Å². The van der Waals surface area contributed by atoms with Gasteiger partial charge in [-0.05, 0) is 36.4 Å². The van der Waals surface area contributed by atoms with Crippen LogP contribution in [0.5, 0.6) is 0 Å². The van der Waals surface area contributed by atoms with E-state index in [0.29, 0.717) is 29.7 Å². The van der Waals surface area contributed by atoms with Crippen molar-refractivity contribution in [2.75, 3.05) is 0 Å². The van der Waals surface area contributed by atoms with Gasteiger partial charge in [-0.2, -0.15) is 49.8 Å². The number of aromatic nitrogens is 3. The van der Waals surface area contributed by atoms with Crippen molar-refractivity contribution in [2.45, 2.75) is 37.9 Å². The van der Waals surface area contributed by atoms with Gasteiger partial charge < -0.3 is 9.09 Å². The molecular formula is C23H11F11N4O. The van der Waals surface area contributed by atoms with Crippen LogP contribution in [0.2, 0.25) is 0 Å². The van der Waals surface area contributed by atoms with Gasteiger partial charge in [0.25, 0.3) is 11.8 Å². The van der Waals surface area contributed by atoms with Gasteiger partial charge in [0.1, 0.15) is 0 Å². The smallest absolute Gasteiger partial charge is 0.334 e.